The van der Waals surface area contributed by atoms with Gasteiger partial charge >= 0.3 is 0 Å². The molecule has 1 aliphatic heterocycles. The van der Waals surface area contributed by atoms with Gasteiger partial charge in [-0.05, 0) is 32.4 Å². The Morgan fingerprint density at radius 1 is 1.10 bits per heavy atom. The summed E-state index contributed by atoms with van der Waals surface area (Å²) in [6.45, 7) is 8.86. The van der Waals surface area contributed by atoms with Gasteiger partial charge < -0.3 is 9.80 Å². The molecule has 1 fully saturated rings. The van der Waals surface area contributed by atoms with Crippen LogP contribution in [0.3, 0.4) is 0 Å². The number of hydrogen-bond donors (Lipinski definition) is 0. The molecule has 0 bridgehead atoms. The lowest BCUT2D eigenvalue weighted by Crippen LogP contribution is -2.35. The maximum atomic E-state index is 12.1. The van der Waals surface area contributed by atoms with Gasteiger partial charge in [-0.3, -0.25) is 4.79 Å². The molecular weight excluding hydrogens is 388 g/mol. The summed E-state index contributed by atoms with van der Waals surface area (Å²) in [6, 6.07) is 7.62. The van der Waals surface area contributed by atoms with Gasteiger partial charge in [-0.15, -0.1) is 0 Å². The fraction of sp³-hybridized carbons (Fsp3) is 0.429. The summed E-state index contributed by atoms with van der Waals surface area (Å²) in [5.41, 5.74) is 2.41. The number of halogens is 1. The third-order valence-corrected chi connectivity index (χ3v) is 5.65. The van der Waals surface area contributed by atoms with E-state index in [4.69, 9.17) is 21.7 Å². The number of carbonyl (C=O) groups excluding carboxylic acids is 1. The molecule has 0 atom stereocenters. The van der Waals surface area contributed by atoms with Crippen LogP contribution in [-0.2, 0) is 4.79 Å². The predicted octanol–water partition coefficient (Wildman–Crippen LogP) is 3.53. The van der Waals surface area contributed by atoms with Crippen LogP contribution < -0.4 is 4.90 Å². The van der Waals surface area contributed by atoms with Gasteiger partial charge in [-0.2, -0.15) is 5.10 Å². The Bertz CT molecular complexity index is 1060. The van der Waals surface area contributed by atoms with E-state index in [1.165, 1.54) is 0 Å². The van der Waals surface area contributed by atoms with Crippen molar-refractivity contribution in [1.82, 2.24) is 24.6 Å². The molecule has 1 saturated heterocycles. The Morgan fingerprint density at radius 2 is 1.90 bits per heavy atom. The Hall–Kier alpha value is -2.67. The molecule has 2 aromatic heterocycles. The van der Waals surface area contributed by atoms with Crippen LogP contribution >= 0.6 is 11.6 Å². The van der Waals surface area contributed by atoms with Crippen LogP contribution in [0.4, 0.5) is 5.82 Å². The van der Waals surface area contributed by atoms with Crippen molar-refractivity contribution in [3.8, 4) is 5.69 Å². The molecule has 3 aromatic rings. The van der Waals surface area contributed by atoms with Gasteiger partial charge in [-0.25, -0.2) is 14.6 Å². The number of rotatable bonds is 3. The molecule has 1 aliphatic rings. The van der Waals surface area contributed by atoms with Crippen molar-refractivity contribution in [2.45, 2.75) is 33.6 Å². The molecule has 7 nitrogen and oxygen atoms in total. The minimum Gasteiger partial charge on any atom is -0.354 e. The summed E-state index contributed by atoms with van der Waals surface area (Å²) in [5.74, 6) is 1.78. The normalized spacial score (nSPS) is 15.0. The first-order valence-electron chi connectivity index (χ1n) is 10.0. The van der Waals surface area contributed by atoms with Crippen molar-refractivity contribution in [2.24, 2.45) is 0 Å². The van der Waals surface area contributed by atoms with Crippen molar-refractivity contribution in [2.75, 3.05) is 31.1 Å². The first-order chi connectivity index (χ1) is 14.0. The molecule has 0 unspecified atom stereocenters. The molecule has 152 valence electrons. The smallest absolute Gasteiger partial charge is 0.222 e. The monoisotopic (exact) mass is 412 g/mol. The zero-order chi connectivity index (χ0) is 20.5. The molecule has 0 aliphatic carbocycles. The number of nitrogens with zero attached hydrogens (tertiary/aromatic N) is 6. The number of amides is 1. The highest BCUT2D eigenvalue weighted by molar-refractivity contribution is 6.32. The predicted molar refractivity (Wildman–Crippen MR) is 115 cm³/mol. The number of fused-ring (bicyclic) bond motifs is 1. The molecule has 4 rings (SSSR count). The van der Waals surface area contributed by atoms with Crippen molar-refractivity contribution in [3.63, 3.8) is 0 Å². The molecule has 3 heterocycles. The zero-order valence-electron chi connectivity index (χ0n) is 17.0. The summed E-state index contributed by atoms with van der Waals surface area (Å²) < 4.78 is 1.80. The third-order valence-electron chi connectivity index (χ3n) is 5.33. The first-order valence-corrected chi connectivity index (χ1v) is 10.4. The largest absolute Gasteiger partial charge is 0.354 e. The highest BCUT2D eigenvalue weighted by Crippen LogP contribution is 2.31. The average molecular weight is 413 g/mol. The van der Waals surface area contributed by atoms with Gasteiger partial charge in [0.25, 0.3) is 0 Å². The quantitative estimate of drug-likeness (QED) is 0.658. The number of benzene rings is 1. The Balaban J connectivity index is 1.78. The van der Waals surface area contributed by atoms with Crippen molar-refractivity contribution < 1.29 is 4.79 Å². The van der Waals surface area contributed by atoms with Gasteiger partial charge in [0.15, 0.2) is 5.65 Å². The van der Waals surface area contributed by atoms with Crippen molar-refractivity contribution in [1.29, 1.82) is 0 Å². The average Bonchev–Trinajstić information content (AvgIpc) is 2.89. The standard InChI is InChI=1S/C21H25ClN6O/c1-4-18(29)26-10-7-11-27(13-12-26)20-19-14(2)25-28(21(19)24-15(3)23-20)17-9-6-5-8-16(17)22/h5-6,8-9H,4,7,10-13H2,1-3H3. The van der Waals surface area contributed by atoms with Crippen molar-refractivity contribution in [3.05, 3.63) is 40.8 Å². The number of anilines is 1. The minimum atomic E-state index is 0.207. The van der Waals surface area contributed by atoms with Gasteiger partial charge in [0.1, 0.15) is 11.6 Å². The molecule has 1 aromatic carbocycles. The first kappa shape index (κ1) is 19.6. The van der Waals surface area contributed by atoms with Crippen LogP contribution in [-0.4, -0.2) is 56.7 Å². The molecule has 8 heteroatoms. The zero-order valence-corrected chi connectivity index (χ0v) is 17.8. The number of aromatic nitrogens is 4. The second kappa shape index (κ2) is 7.99. The lowest BCUT2D eigenvalue weighted by Gasteiger charge is -2.23. The van der Waals surface area contributed by atoms with Crippen LogP contribution in [0.5, 0.6) is 0 Å². The van der Waals surface area contributed by atoms with Crippen LogP contribution in [0.2, 0.25) is 5.02 Å². The van der Waals surface area contributed by atoms with Gasteiger partial charge in [0.2, 0.25) is 5.91 Å². The lowest BCUT2D eigenvalue weighted by atomic mass is 10.2. The molecule has 0 spiro atoms. The summed E-state index contributed by atoms with van der Waals surface area (Å²) in [5, 5.41) is 6.30. The molecule has 0 radical (unpaired) electrons. The summed E-state index contributed by atoms with van der Waals surface area (Å²) in [6.07, 6.45) is 1.45. The van der Waals surface area contributed by atoms with E-state index in [1.807, 2.05) is 49.9 Å². The van der Waals surface area contributed by atoms with Crippen LogP contribution in [0.1, 0.15) is 31.3 Å². The van der Waals surface area contributed by atoms with Crippen molar-refractivity contribution >= 4 is 34.4 Å². The molecule has 0 N–H and O–H groups in total. The van der Waals surface area contributed by atoms with E-state index in [-0.39, 0.29) is 5.91 Å². The van der Waals surface area contributed by atoms with E-state index < -0.39 is 0 Å². The van der Waals surface area contributed by atoms with E-state index >= 15 is 0 Å². The van der Waals surface area contributed by atoms with E-state index in [0.29, 0.717) is 23.8 Å². The molecule has 1 amide bonds. The SMILES string of the molecule is CCC(=O)N1CCCN(c2nc(C)nc3c2c(C)nn3-c2ccccc2Cl)CC1. The Kier molecular flexibility index (Phi) is 5.41. The second-order valence-corrected chi connectivity index (χ2v) is 7.72. The van der Waals surface area contributed by atoms with Gasteiger partial charge in [0, 0.05) is 32.6 Å². The summed E-state index contributed by atoms with van der Waals surface area (Å²) >= 11 is 6.43. The fourth-order valence-corrected chi connectivity index (χ4v) is 4.11. The molecule has 0 saturated carbocycles. The third kappa shape index (κ3) is 3.67. The topological polar surface area (TPSA) is 67.2 Å². The van der Waals surface area contributed by atoms with Crippen LogP contribution in [0, 0.1) is 13.8 Å². The summed E-state index contributed by atoms with van der Waals surface area (Å²) in [4.78, 5) is 25.8. The van der Waals surface area contributed by atoms with Crippen LogP contribution in [0.25, 0.3) is 16.7 Å². The fourth-order valence-electron chi connectivity index (χ4n) is 3.89. The summed E-state index contributed by atoms with van der Waals surface area (Å²) in [7, 11) is 0. The van der Waals surface area contributed by atoms with E-state index in [1.54, 1.807) is 4.68 Å². The van der Waals surface area contributed by atoms with Crippen LogP contribution in [0.15, 0.2) is 24.3 Å². The number of carbonyl (C=O) groups is 1. The Labute approximate surface area is 175 Å². The molecule has 29 heavy (non-hydrogen) atoms. The minimum absolute atomic E-state index is 0.207. The van der Waals surface area contributed by atoms with E-state index in [9.17, 15) is 4.79 Å². The highest BCUT2D eigenvalue weighted by atomic mass is 35.5. The highest BCUT2D eigenvalue weighted by Gasteiger charge is 2.24. The number of para-hydroxylation sites is 1. The lowest BCUT2D eigenvalue weighted by molar-refractivity contribution is -0.130. The molecular formula is C21H25ClN6O. The van der Waals surface area contributed by atoms with E-state index in [2.05, 4.69) is 9.88 Å². The maximum Gasteiger partial charge on any atom is 0.222 e. The second-order valence-electron chi connectivity index (χ2n) is 7.32. The van der Waals surface area contributed by atoms with Gasteiger partial charge in [0.05, 0.1) is 21.8 Å². The number of hydrogen-bond acceptors (Lipinski definition) is 5. The Morgan fingerprint density at radius 3 is 2.66 bits per heavy atom. The number of aryl methyl sites for hydroxylation is 2. The van der Waals surface area contributed by atoms with E-state index in [0.717, 1.165) is 54.3 Å². The maximum absolute atomic E-state index is 12.1. The van der Waals surface area contributed by atoms with Gasteiger partial charge in [-0.1, -0.05) is 30.7 Å².